The fourth-order valence-corrected chi connectivity index (χ4v) is 2.02. The highest BCUT2D eigenvalue weighted by molar-refractivity contribution is 7.99. The molecule has 0 fully saturated rings. The Hall–Kier alpha value is 0.190. The van der Waals surface area contributed by atoms with E-state index in [1.807, 2.05) is 25.6 Å². The van der Waals surface area contributed by atoms with E-state index in [2.05, 4.69) is 19.2 Å². The lowest BCUT2D eigenvalue weighted by Gasteiger charge is -2.17. The molecule has 0 saturated carbocycles. The van der Waals surface area contributed by atoms with Gasteiger partial charge in [-0.15, -0.1) is 0 Å². The lowest BCUT2D eigenvalue weighted by atomic mass is 10.3. The third-order valence-electron chi connectivity index (χ3n) is 2.26. The monoisotopic (exact) mass is 279 g/mol. The van der Waals surface area contributed by atoms with E-state index in [1.165, 1.54) is 0 Å². The van der Waals surface area contributed by atoms with Crippen molar-refractivity contribution in [1.29, 1.82) is 0 Å². The number of aliphatic hydroxyl groups is 1. The Morgan fingerprint density at radius 2 is 1.94 bits per heavy atom. The van der Waals surface area contributed by atoms with Crippen LogP contribution in [0.2, 0.25) is 0 Å². The van der Waals surface area contributed by atoms with Gasteiger partial charge >= 0.3 is 0 Å². The van der Waals surface area contributed by atoms with Crippen LogP contribution in [0.15, 0.2) is 0 Å². The van der Waals surface area contributed by atoms with Crippen molar-refractivity contribution in [3.8, 4) is 0 Å². The Morgan fingerprint density at radius 3 is 2.56 bits per heavy atom. The minimum absolute atomic E-state index is 0.233. The van der Waals surface area contributed by atoms with Gasteiger partial charge in [-0.1, -0.05) is 6.92 Å². The quantitative estimate of drug-likeness (QED) is 0.531. The van der Waals surface area contributed by atoms with E-state index < -0.39 is 6.10 Å². The Bertz CT molecular complexity index is 182. The smallest absolute Gasteiger partial charge is 0.0897 e. The van der Waals surface area contributed by atoms with Crippen LogP contribution < -0.4 is 5.32 Å². The number of aliphatic hydroxyl groups excluding tert-OH is 1. The van der Waals surface area contributed by atoms with Gasteiger partial charge in [-0.2, -0.15) is 11.8 Å². The van der Waals surface area contributed by atoms with Gasteiger partial charge in [-0.3, -0.25) is 0 Å². The maximum Gasteiger partial charge on any atom is 0.0897 e. The number of hydrogen-bond donors (Lipinski definition) is 2. The Kier molecular flexibility index (Phi) is 12.4. The van der Waals surface area contributed by atoms with Crippen LogP contribution >= 0.6 is 11.8 Å². The molecule has 0 bridgehead atoms. The summed E-state index contributed by atoms with van der Waals surface area (Å²) in [5, 5.41) is 13.0. The van der Waals surface area contributed by atoms with Gasteiger partial charge in [0.1, 0.15) is 0 Å². The predicted octanol–water partition coefficient (Wildman–Crippen LogP) is 1.52. The zero-order chi connectivity index (χ0) is 13.8. The third kappa shape index (κ3) is 12.6. The number of hydrogen-bond acceptors (Lipinski definition) is 5. The molecule has 0 heterocycles. The summed E-state index contributed by atoms with van der Waals surface area (Å²) in [6, 6.07) is 0.425. The predicted molar refractivity (Wildman–Crippen MR) is 78.4 cm³/mol. The summed E-state index contributed by atoms with van der Waals surface area (Å²) in [6.45, 7) is 10.3. The van der Waals surface area contributed by atoms with Crippen molar-refractivity contribution in [3.05, 3.63) is 0 Å². The molecule has 4 nitrogen and oxygen atoms in total. The average Bonchev–Trinajstić information content (AvgIpc) is 2.33. The van der Waals surface area contributed by atoms with Gasteiger partial charge in [0.25, 0.3) is 0 Å². The maximum absolute atomic E-state index is 9.70. The van der Waals surface area contributed by atoms with Gasteiger partial charge in [-0.05, 0) is 26.5 Å². The summed E-state index contributed by atoms with van der Waals surface area (Å²) in [5.74, 6) is 2.21. The van der Waals surface area contributed by atoms with Gasteiger partial charge in [0.05, 0.1) is 32.0 Å². The summed E-state index contributed by atoms with van der Waals surface area (Å²) < 4.78 is 10.7. The average molecular weight is 279 g/mol. The second-order valence-electron chi connectivity index (χ2n) is 4.62. The van der Waals surface area contributed by atoms with E-state index in [0.717, 1.165) is 11.5 Å². The summed E-state index contributed by atoms with van der Waals surface area (Å²) >= 11 is 1.90. The Labute approximate surface area is 116 Å². The van der Waals surface area contributed by atoms with Crippen LogP contribution in [-0.4, -0.2) is 61.2 Å². The van der Waals surface area contributed by atoms with Crippen LogP contribution in [0.3, 0.4) is 0 Å². The Morgan fingerprint density at radius 1 is 1.22 bits per heavy atom. The molecule has 2 atom stereocenters. The van der Waals surface area contributed by atoms with E-state index in [4.69, 9.17) is 9.47 Å². The topological polar surface area (TPSA) is 50.7 Å². The summed E-state index contributed by atoms with van der Waals surface area (Å²) in [6.07, 6.45) is -0.213. The van der Waals surface area contributed by atoms with Crippen LogP contribution in [0.1, 0.15) is 27.7 Å². The first-order valence-corrected chi connectivity index (χ1v) is 7.90. The van der Waals surface area contributed by atoms with E-state index >= 15 is 0 Å². The molecule has 18 heavy (non-hydrogen) atoms. The van der Waals surface area contributed by atoms with Crippen molar-refractivity contribution in [2.75, 3.05) is 37.9 Å². The molecular weight excluding hydrogens is 250 g/mol. The molecule has 0 aromatic heterocycles. The third-order valence-corrected chi connectivity index (χ3v) is 3.41. The molecule has 0 saturated heterocycles. The first-order chi connectivity index (χ1) is 8.56. The van der Waals surface area contributed by atoms with Crippen LogP contribution in [0, 0.1) is 0 Å². The molecule has 2 N–H and O–H groups in total. The SMILES string of the molecule is CCSCC(C)NCC(O)COCCOC(C)C. The van der Waals surface area contributed by atoms with Gasteiger partial charge in [0.2, 0.25) is 0 Å². The molecule has 0 aliphatic rings. The van der Waals surface area contributed by atoms with Crippen LogP contribution in [0.5, 0.6) is 0 Å². The molecule has 0 rings (SSSR count). The highest BCUT2D eigenvalue weighted by Crippen LogP contribution is 2.01. The lowest BCUT2D eigenvalue weighted by Crippen LogP contribution is -2.37. The molecular formula is C13H29NO3S. The normalized spacial score (nSPS) is 15.0. The molecule has 0 aliphatic carbocycles. The molecule has 110 valence electrons. The lowest BCUT2D eigenvalue weighted by molar-refractivity contribution is -0.0103. The van der Waals surface area contributed by atoms with Gasteiger partial charge in [-0.25, -0.2) is 0 Å². The molecule has 0 aromatic carbocycles. The number of nitrogens with one attached hydrogen (secondary N) is 1. The van der Waals surface area contributed by atoms with Crippen molar-refractivity contribution in [3.63, 3.8) is 0 Å². The van der Waals surface area contributed by atoms with Crippen molar-refractivity contribution in [2.24, 2.45) is 0 Å². The van der Waals surface area contributed by atoms with Crippen molar-refractivity contribution < 1.29 is 14.6 Å². The van der Waals surface area contributed by atoms with E-state index in [0.29, 0.717) is 32.4 Å². The minimum Gasteiger partial charge on any atom is -0.389 e. The molecule has 2 unspecified atom stereocenters. The molecule has 0 aromatic rings. The second kappa shape index (κ2) is 12.2. The minimum atomic E-state index is -0.446. The second-order valence-corrected chi connectivity index (χ2v) is 5.94. The van der Waals surface area contributed by atoms with E-state index in [-0.39, 0.29) is 6.10 Å². The molecule has 0 radical (unpaired) electrons. The first kappa shape index (κ1) is 18.2. The maximum atomic E-state index is 9.70. The van der Waals surface area contributed by atoms with Crippen molar-refractivity contribution in [2.45, 2.75) is 45.9 Å². The highest BCUT2D eigenvalue weighted by atomic mass is 32.2. The molecule has 5 heteroatoms. The highest BCUT2D eigenvalue weighted by Gasteiger charge is 2.07. The fraction of sp³-hybridized carbons (Fsp3) is 1.00. The van der Waals surface area contributed by atoms with E-state index in [1.54, 1.807) is 0 Å². The van der Waals surface area contributed by atoms with Crippen LogP contribution in [0.25, 0.3) is 0 Å². The molecule has 0 aliphatic heterocycles. The van der Waals surface area contributed by atoms with Gasteiger partial charge < -0.3 is 19.9 Å². The van der Waals surface area contributed by atoms with Crippen molar-refractivity contribution >= 4 is 11.8 Å². The van der Waals surface area contributed by atoms with Gasteiger partial charge in [0, 0.05) is 18.3 Å². The molecule has 0 amide bonds. The zero-order valence-electron chi connectivity index (χ0n) is 12.1. The summed E-state index contributed by atoms with van der Waals surface area (Å²) in [4.78, 5) is 0. The largest absolute Gasteiger partial charge is 0.389 e. The number of thioether (sulfide) groups is 1. The standard InChI is InChI=1S/C13H29NO3S/c1-5-18-10-12(4)14-8-13(15)9-16-6-7-17-11(2)3/h11-15H,5-10H2,1-4H3. The molecule has 0 spiro atoms. The number of rotatable bonds is 12. The van der Waals surface area contributed by atoms with Gasteiger partial charge in [0.15, 0.2) is 0 Å². The zero-order valence-corrected chi connectivity index (χ0v) is 13.0. The first-order valence-electron chi connectivity index (χ1n) is 6.74. The fourth-order valence-electron chi connectivity index (χ4n) is 1.31. The van der Waals surface area contributed by atoms with Crippen LogP contribution in [0.4, 0.5) is 0 Å². The Balaban J connectivity index is 3.34. The summed E-state index contributed by atoms with van der Waals surface area (Å²) in [5.41, 5.74) is 0. The summed E-state index contributed by atoms with van der Waals surface area (Å²) in [7, 11) is 0. The van der Waals surface area contributed by atoms with E-state index in [9.17, 15) is 5.11 Å². The number of ether oxygens (including phenoxy) is 2. The van der Waals surface area contributed by atoms with Crippen molar-refractivity contribution in [1.82, 2.24) is 5.32 Å². The van der Waals surface area contributed by atoms with Crippen LogP contribution in [-0.2, 0) is 9.47 Å².